The van der Waals surface area contributed by atoms with Crippen LogP contribution in [-0.2, 0) is 10.0 Å². The Labute approximate surface area is 125 Å². The fourth-order valence-corrected chi connectivity index (χ4v) is 3.35. The maximum absolute atomic E-state index is 11.2. The van der Waals surface area contributed by atoms with Crippen LogP contribution in [0.1, 0.15) is 30.7 Å². The minimum absolute atomic E-state index is 0.384. The van der Waals surface area contributed by atoms with Crippen LogP contribution in [0, 0.1) is 5.92 Å². The maximum Gasteiger partial charge on any atom is 0.208 e. The molecule has 0 aromatic heterocycles. The molecule has 0 amide bonds. The second-order valence-corrected chi connectivity index (χ2v) is 7.64. The van der Waals surface area contributed by atoms with Gasteiger partial charge in [-0.2, -0.15) is 0 Å². The van der Waals surface area contributed by atoms with Crippen LogP contribution in [0.3, 0.4) is 0 Å². The predicted molar refractivity (Wildman–Crippen MR) is 80.4 cm³/mol. The van der Waals surface area contributed by atoms with Crippen LogP contribution in [0.2, 0.25) is 0 Å². The molecule has 1 aliphatic carbocycles. The van der Waals surface area contributed by atoms with Crippen LogP contribution in [0.15, 0.2) is 18.2 Å². The highest BCUT2D eigenvalue weighted by Crippen LogP contribution is 2.46. The first-order valence-corrected chi connectivity index (χ1v) is 9.26. The van der Waals surface area contributed by atoms with Gasteiger partial charge in [0.1, 0.15) is 13.2 Å². The average Bonchev–Trinajstić information content (AvgIpc) is 3.26. The summed E-state index contributed by atoms with van der Waals surface area (Å²) in [5.41, 5.74) is 1.22. The van der Waals surface area contributed by atoms with Gasteiger partial charge in [0.2, 0.25) is 10.0 Å². The van der Waals surface area contributed by atoms with Gasteiger partial charge in [0.15, 0.2) is 11.5 Å². The van der Waals surface area contributed by atoms with E-state index < -0.39 is 10.0 Å². The van der Waals surface area contributed by atoms with Gasteiger partial charge in [0, 0.05) is 6.54 Å². The Hall–Kier alpha value is -1.27. The summed E-state index contributed by atoms with van der Waals surface area (Å²) < 4.78 is 36.1. The maximum atomic E-state index is 11.2. The number of hydrogen-bond acceptors (Lipinski definition) is 4. The molecule has 5 nitrogen and oxygen atoms in total. The molecule has 0 saturated heterocycles. The van der Waals surface area contributed by atoms with Gasteiger partial charge in [-0.05, 0) is 48.8 Å². The van der Waals surface area contributed by atoms with E-state index in [1.807, 2.05) is 6.07 Å². The summed E-state index contributed by atoms with van der Waals surface area (Å²) in [6, 6.07) is 6.10. The van der Waals surface area contributed by atoms with E-state index in [4.69, 9.17) is 9.47 Å². The van der Waals surface area contributed by atoms with Crippen molar-refractivity contribution in [3.63, 3.8) is 0 Å². The largest absolute Gasteiger partial charge is 0.486 e. The van der Waals surface area contributed by atoms with Crippen LogP contribution >= 0.6 is 0 Å². The molecule has 0 radical (unpaired) electrons. The van der Waals surface area contributed by atoms with Crippen LogP contribution in [0.25, 0.3) is 0 Å². The summed E-state index contributed by atoms with van der Waals surface area (Å²) in [5.74, 6) is 2.65. The summed E-state index contributed by atoms with van der Waals surface area (Å²) in [7, 11) is -3.12. The minimum Gasteiger partial charge on any atom is -0.486 e. The lowest BCUT2D eigenvalue weighted by molar-refractivity contribution is 0.171. The van der Waals surface area contributed by atoms with Gasteiger partial charge in [-0.3, -0.25) is 0 Å². The number of ether oxygens (including phenoxy) is 2. The molecular formula is C15H21NO4S. The molecule has 1 saturated carbocycles. The number of sulfonamides is 1. The summed E-state index contributed by atoms with van der Waals surface area (Å²) in [6.07, 6.45) is 4.45. The Morgan fingerprint density at radius 1 is 1.24 bits per heavy atom. The van der Waals surface area contributed by atoms with E-state index in [-0.39, 0.29) is 0 Å². The molecule has 3 rings (SSSR count). The third kappa shape index (κ3) is 3.89. The predicted octanol–water partition coefficient (Wildman–Crippen LogP) is 1.89. The van der Waals surface area contributed by atoms with Crippen molar-refractivity contribution in [2.45, 2.75) is 25.2 Å². The monoisotopic (exact) mass is 311 g/mol. The van der Waals surface area contributed by atoms with Crippen LogP contribution in [0.5, 0.6) is 11.5 Å². The number of hydrogen-bond donors (Lipinski definition) is 1. The molecule has 1 atom stereocenters. The zero-order chi connectivity index (χ0) is 14.9. The Kier molecular flexibility index (Phi) is 4.08. The molecule has 116 valence electrons. The van der Waals surface area contributed by atoms with Crippen LogP contribution in [-0.4, -0.2) is 34.4 Å². The van der Waals surface area contributed by atoms with E-state index in [2.05, 4.69) is 16.9 Å². The molecule has 1 aromatic carbocycles. The highest BCUT2D eigenvalue weighted by Gasteiger charge is 2.32. The molecule has 2 aliphatic rings. The van der Waals surface area contributed by atoms with Gasteiger partial charge in [-0.25, -0.2) is 13.1 Å². The first-order valence-electron chi connectivity index (χ1n) is 7.37. The van der Waals surface area contributed by atoms with E-state index >= 15 is 0 Å². The topological polar surface area (TPSA) is 64.6 Å². The third-order valence-corrected chi connectivity index (χ3v) is 4.73. The summed E-state index contributed by atoms with van der Waals surface area (Å²) in [4.78, 5) is 0. The van der Waals surface area contributed by atoms with Gasteiger partial charge in [-0.1, -0.05) is 6.07 Å². The van der Waals surface area contributed by atoms with E-state index in [1.54, 1.807) is 0 Å². The number of nitrogens with one attached hydrogen (secondary N) is 1. The van der Waals surface area contributed by atoms with E-state index in [0.29, 0.717) is 31.6 Å². The summed E-state index contributed by atoms with van der Waals surface area (Å²) in [6.45, 7) is 1.66. The smallest absolute Gasteiger partial charge is 0.208 e. The SMILES string of the molecule is CS(=O)(=O)NCCC(c1ccc2c(c1)OCCO2)C1CC1. The van der Waals surface area contributed by atoms with Crippen molar-refractivity contribution in [1.29, 1.82) is 0 Å². The molecule has 1 aromatic rings. The van der Waals surface area contributed by atoms with E-state index in [0.717, 1.165) is 17.9 Å². The van der Waals surface area contributed by atoms with Crippen molar-refractivity contribution in [2.75, 3.05) is 26.0 Å². The lowest BCUT2D eigenvalue weighted by atomic mass is 9.91. The molecule has 0 bridgehead atoms. The normalized spacial score (nSPS) is 19.3. The van der Waals surface area contributed by atoms with Crippen molar-refractivity contribution >= 4 is 10.0 Å². The first kappa shape index (κ1) is 14.7. The average molecular weight is 311 g/mol. The van der Waals surface area contributed by atoms with Gasteiger partial charge in [0.05, 0.1) is 6.26 Å². The molecule has 1 heterocycles. The lowest BCUT2D eigenvalue weighted by Crippen LogP contribution is -2.24. The molecule has 1 N–H and O–H groups in total. The second kappa shape index (κ2) is 5.85. The van der Waals surface area contributed by atoms with E-state index in [1.165, 1.54) is 24.7 Å². The number of benzene rings is 1. The molecular weight excluding hydrogens is 290 g/mol. The lowest BCUT2D eigenvalue weighted by Gasteiger charge is -2.22. The van der Waals surface area contributed by atoms with Crippen LogP contribution in [0.4, 0.5) is 0 Å². The summed E-state index contributed by atoms with van der Waals surface area (Å²) >= 11 is 0. The van der Waals surface area contributed by atoms with Gasteiger partial charge in [0.25, 0.3) is 0 Å². The fraction of sp³-hybridized carbons (Fsp3) is 0.600. The van der Waals surface area contributed by atoms with Crippen molar-refractivity contribution < 1.29 is 17.9 Å². The Bertz CT molecular complexity index is 610. The zero-order valence-corrected chi connectivity index (χ0v) is 13.0. The Balaban J connectivity index is 1.71. The first-order chi connectivity index (χ1) is 10.0. The summed E-state index contributed by atoms with van der Waals surface area (Å²) in [5, 5.41) is 0. The Morgan fingerprint density at radius 3 is 2.62 bits per heavy atom. The van der Waals surface area contributed by atoms with Crippen molar-refractivity contribution in [2.24, 2.45) is 5.92 Å². The number of fused-ring (bicyclic) bond motifs is 1. The van der Waals surface area contributed by atoms with Crippen molar-refractivity contribution in [3.8, 4) is 11.5 Å². The van der Waals surface area contributed by atoms with Crippen molar-refractivity contribution in [3.05, 3.63) is 23.8 Å². The highest BCUT2D eigenvalue weighted by molar-refractivity contribution is 7.88. The highest BCUT2D eigenvalue weighted by atomic mass is 32.2. The second-order valence-electron chi connectivity index (χ2n) is 5.80. The number of rotatable bonds is 6. The molecule has 6 heteroatoms. The third-order valence-electron chi connectivity index (χ3n) is 4.01. The molecule has 1 aliphatic heterocycles. The van der Waals surface area contributed by atoms with Gasteiger partial charge < -0.3 is 9.47 Å². The molecule has 21 heavy (non-hydrogen) atoms. The Morgan fingerprint density at radius 2 is 1.95 bits per heavy atom. The van der Waals surface area contributed by atoms with Gasteiger partial charge in [-0.15, -0.1) is 0 Å². The van der Waals surface area contributed by atoms with Gasteiger partial charge >= 0.3 is 0 Å². The van der Waals surface area contributed by atoms with Crippen LogP contribution < -0.4 is 14.2 Å². The zero-order valence-electron chi connectivity index (χ0n) is 12.2. The molecule has 1 unspecified atom stereocenters. The fourth-order valence-electron chi connectivity index (χ4n) is 2.86. The minimum atomic E-state index is -3.12. The van der Waals surface area contributed by atoms with Crippen molar-refractivity contribution in [1.82, 2.24) is 4.72 Å². The molecule has 1 fully saturated rings. The standard InChI is InChI=1S/C15H21NO4S/c1-21(17,18)16-7-6-13(11-2-3-11)12-4-5-14-15(10-12)20-9-8-19-14/h4-5,10-11,13,16H,2-3,6-9H2,1H3. The quantitative estimate of drug-likeness (QED) is 0.871. The van der Waals surface area contributed by atoms with E-state index in [9.17, 15) is 8.42 Å². The molecule has 0 spiro atoms.